The second kappa shape index (κ2) is 12.4. The summed E-state index contributed by atoms with van der Waals surface area (Å²) in [6, 6.07) is 3.99. The average molecular weight is 429 g/mol. The van der Waals surface area contributed by atoms with Gasteiger partial charge in [-0.25, -0.2) is 4.79 Å². The van der Waals surface area contributed by atoms with E-state index >= 15 is 0 Å². The molecule has 168 valence electrons. The van der Waals surface area contributed by atoms with Crippen LogP contribution in [0.25, 0.3) is 0 Å². The van der Waals surface area contributed by atoms with Crippen molar-refractivity contribution < 1.29 is 32.2 Å². The molecular weight excluding hydrogens is 399 g/mol. The molecule has 5 nitrogen and oxygen atoms in total. The first-order valence-electron chi connectivity index (χ1n) is 10.7. The van der Waals surface area contributed by atoms with Crippen LogP contribution in [0.15, 0.2) is 24.3 Å². The van der Waals surface area contributed by atoms with Gasteiger partial charge >= 0.3 is 18.2 Å². The zero-order chi connectivity index (χ0) is 21.8. The van der Waals surface area contributed by atoms with Gasteiger partial charge in [0, 0.05) is 13.0 Å². The topological polar surface area (TPSA) is 55.8 Å². The Kier molecular flexibility index (Phi) is 9.97. The molecule has 0 N–H and O–H groups in total. The molecule has 0 spiro atoms. The number of rotatable bonds is 1. The number of esters is 1. The largest absolute Gasteiger partial charge is 0.464 e. The third-order valence-corrected chi connectivity index (χ3v) is 5.08. The first-order valence-corrected chi connectivity index (χ1v) is 10.7. The van der Waals surface area contributed by atoms with E-state index in [4.69, 9.17) is 9.47 Å². The standard InChI is InChI=1S/C22H30F3NO4/c23-22(24,25)18-11-13-19(14-12-18)30-21(28)26-15-9-7-5-3-1-2-4-6-8-10-20(27)29-17-16-26/h11-14H,1-10,15-17H2. The number of halogens is 3. The molecule has 0 aliphatic carbocycles. The van der Waals surface area contributed by atoms with Crippen molar-refractivity contribution in [1.29, 1.82) is 0 Å². The molecular formula is C22H30F3NO4. The molecule has 0 unspecified atom stereocenters. The normalized spacial score (nSPS) is 18.5. The lowest BCUT2D eigenvalue weighted by Crippen LogP contribution is -2.37. The smallest absolute Gasteiger partial charge is 0.416 e. The third kappa shape index (κ3) is 9.05. The summed E-state index contributed by atoms with van der Waals surface area (Å²) in [6.07, 6.45) is 4.57. The van der Waals surface area contributed by atoms with Crippen molar-refractivity contribution in [2.75, 3.05) is 19.7 Å². The fourth-order valence-electron chi connectivity index (χ4n) is 3.32. The van der Waals surface area contributed by atoms with E-state index in [2.05, 4.69) is 0 Å². The predicted molar refractivity (Wildman–Crippen MR) is 106 cm³/mol. The highest BCUT2D eigenvalue weighted by molar-refractivity contribution is 5.71. The van der Waals surface area contributed by atoms with E-state index < -0.39 is 17.8 Å². The number of hydrogen-bond acceptors (Lipinski definition) is 4. The number of carbonyl (C=O) groups excluding carboxylic acids is 2. The van der Waals surface area contributed by atoms with Crippen molar-refractivity contribution in [1.82, 2.24) is 4.90 Å². The van der Waals surface area contributed by atoms with Gasteiger partial charge in [0.1, 0.15) is 12.4 Å². The van der Waals surface area contributed by atoms with Crippen molar-refractivity contribution in [3.05, 3.63) is 29.8 Å². The first kappa shape index (κ1) is 24.0. The summed E-state index contributed by atoms with van der Waals surface area (Å²) in [7, 11) is 0. The van der Waals surface area contributed by atoms with Crippen molar-refractivity contribution in [3.63, 3.8) is 0 Å². The van der Waals surface area contributed by atoms with E-state index in [0.29, 0.717) is 13.0 Å². The highest BCUT2D eigenvalue weighted by Crippen LogP contribution is 2.30. The number of cyclic esters (lactones) is 1. The molecule has 0 aromatic heterocycles. The molecule has 1 aromatic carbocycles. The molecule has 0 bridgehead atoms. The van der Waals surface area contributed by atoms with E-state index in [1.807, 2.05) is 0 Å². The quantitative estimate of drug-likeness (QED) is 0.517. The number of hydrogen-bond donors (Lipinski definition) is 0. The van der Waals surface area contributed by atoms with Gasteiger partial charge in [-0.05, 0) is 37.1 Å². The lowest BCUT2D eigenvalue weighted by atomic mass is 10.1. The summed E-state index contributed by atoms with van der Waals surface area (Å²) in [6.45, 7) is 0.698. The number of benzene rings is 1. The molecule has 0 atom stereocenters. The maximum Gasteiger partial charge on any atom is 0.416 e. The van der Waals surface area contributed by atoms with Gasteiger partial charge in [0.15, 0.2) is 0 Å². The van der Waals surface area contributed by atoms with Crippen molar-refractivity contribution in [2.24, 2.45) is 0 Å². The second-order valence-electron chi connectivity index (χ2n) is 7.53. The predicted octanol–water partition coefficient (Wildman–Crippen LogP) is 5.96. The van der Waals surface area contributed by atoms with Crippen LogP contribution >= 0.6 is 0 Å². The minimum absolute atomic E-state index is 0.0390. The van der Waals surface area contributed by atoms with Crippen LogP contribution in [0.1, 0.15) is 69.8 Å². The molecule has 1 fully saturated rings. The Balaban J connectivity index is 1.92. The van der Waals surface area contributed by atoms with Gasteiger partial charge in [-0.3, -0.25) is 4.79 Å². The molecule has 1 aliphatic heterocycles. The molecule has 1 saturated heterocycles. The minimum atomic E-state index is -4.45. The Morgan fingerprint density at radius 1 is 0.867 bits per heavy atom. The van der Waals surface area contributed by atoms with Crippen LogP contribution in [0.3, 0.4) is 0 Å². The van der Waals surface area contributed by atoms with Crippen LogP contribution in [0.2, 0.25) is 0 Å². The van der Waals surface area contributed by atoms with E-state index in [0.717, 1.165) is 69.2 Å². The maximum absolute atomic E-state index is 12.7. The number of nitrogens with zero attached hydrogens (tertiary/aromatic N) is 1. The summed E-state index contributed by atoms with van der Waals surface area (Å²) in [4.78, 5) is 25.8. The molecule has 1 amide bonds. The summed E-state index contributed by atoms with van der Waals surface area (Å²) in [5.74, 6) is -0.240. The molecule has 8 heteroatoms. The van der Waals surface area contributed by atoms with E-state index in [1.165, 1.54) is 17.7 Å². The summed E-state index contributed by atoms with van der Waals surface area (Å²) in [5, 5.41) is 0. The van der Waals surface area contributed by atoms with Gasteiger partial charge in [-0.2, -0.15) is 13.2 Å². The zero-order valence-corrected chi connectivity index (χ0v) is 17.2. The molecule has 30 heavy (non-hydrogen) atoms. The summed E-state index contributed by atoms with van der Waals surface area (Å²) >= 11 is 0. The van der Waals surface area contributed by atoms with Crippen LogP contribution in [0.5, 0.6) is 5.75 Å². The maximum atomic E-state index is 12.7. The molecule has 1 aliphatic rings. The van der Waals surface area contributed by atoms with Gasteiger partial charge in [-0.15, -0.1) is 0 Å². The van der Waals surface area contributed by atoms with E-state index in [-0.39, 0.29) is 24.9 Å². The lowest BCUT2D eigenvalue weighted by Gasteiger charge is -2.22. The molecule has 0 saturated carbocycles. The van der Waals surface area contributed by atoms with Gasteiger partial charge < -0.3 is 14.4 Å². The van der Waals surface area contributed by atoms with Crippen molar-refractivity contribution in [3.8, 4) is 5.75 Å². The Morgan fingerprint density at radius 2 is 1.43 bits per heavy atom. The Hall–Kier alpha value is -2.25. The number of alkyl halides is 3. The van der Waals surface area contributed by atoms with E-state index in [9.17, 15) is 22.8 Å². The summed E-state index contributed by atoms with van der Waals surface area (Å²) in [5.41, 5.74) is -0.806. The fourth-order valence-corrected chi connectivity index (χ4v) is 3.32. The summed E-state index contributed by atoms with van der Waals surface area (Å²) < 4.78 is 48.4. The molecule has 1 aromatic rings. The van der Waals surface area contributed by atoms with Gasteiger partial charge in [0.05, 0.1) is 12.1 Å². The molecule has 1 heterocycles. The monoisotopic (exact) mass is 429 g/mol. The van der Waals surface area contributed by atoms with Gasteiger partial charge in [0.2, 0.25) is 0 Å². The molecule has 0 radical (unpaired) electrons. The number of carbonyl (C=O) groups is 2. The second-order valence-corrected chi connectivity index (χ2v) is 7.53. The average Bonchev–Trinajstić information content (AvgIpc) is 2.69. The van der Waals surface area contributed by atoms with Crippen LogP contribution in [0.4, 0.5) is 18.0 Å². The van der Waals surface area contributed by atoms with Gasteiger partial charge in [-0.1, -0.05) is 44.9 Å². The minimum Gasteiger partial charge on any atom is -0.464 e. The van der Waals surface area contributed by atoms with Crippen LogP contribution < -0.4 is 4.74 Å². The highest BCUT2D eigenvalue weighted by Gasteiger charge is 2.30. The zero-order valence-electron chi connectivity index (χ0n) is 17.2. The third-order valence-electron chi connectivity index (χ3n) is 5.08. The fraction of sp³-hybridized carbons (Fsp3) is 0.636. The van der Waals surface area contributed by atoms with Crippen LogP contribution in [-0.4, -0.2) is 36.7 Å². The van der Waals surface area contributed by atoms with Crippen molar-refractivity contribution in [2.45, 2.75) is 70.4 Å². The first-order chi connectivity index (χ1) is 14.4. The highest BCUT2D eigenvalue weighted by atomic mass is 19.4. The van der Waals surface area contributed by atoms with Crippen LogP contribution in [-0.2, 0) is 15.7 Å². The SMILES string of the molecule is O=C1CCCCCCCCCCCN(C(=O)Oc2ccc(C(F)(F)F)cc2)CCO1. The van der Waals surface area contributed by atoms with Crippen molar-refractivity contribution >= 4 is 12.1 Å². The Morgan fingerprint density at radius 3 is 2.03 bits per heavy atom. The van der Waals surface area contributed by atoms with Gasteiger partial charge in [0.25, 0.3) is 0 Å². The van der Waals surface area contributed by atoms with E-state index in [1.54, 1.807) is 0 Å². The number of ether oxygens (including phenoxy) is 2. The Bertz CT molecular complexity index is 661. The lowest BCUT2D eigenvalue weighted by molar-refractivity contribution is -0.144. The van der Waals surface area contributed by atoms with Crippen LogP contribution in [0, 0.1) is 0 Å². The number of amides is 1. The molecule has 2 rings (SSSR count). The Labute approximate surface area is 175 Å².